The zero-order valence-corrected chi connectivity index (χ0v) is 49.6. The molecule has 2 atom stereocenters. The molecule has 0 aromatic rings. The van der Waals surface area contributed by atoms with Crippen molar-refractivity contribution in [3.05, 3.63) is 0 Å². The van der Waals surface area contributed by atoms with E-state index in [1.54, 1.807) is 0 Å². The van der Waals surface area contributed by atoms with Crippen LogP contribution in [0.2, 0.25) is 0 Å². The van der Waals surface area contributed by atoms with Crippen LogP contribution in [0.1, 0.15) is 375 Å². The molecule has 72 heavy (non-hydrogen) atoms. The molecule has 6 heteroatoms. The second-order valence-electron chi connectivity index (χ2n) is 23.5. The van der Waals surface area contributed by atoms with Crippen molar-refractivity contribution in [3.8, 4) is 0 Å². The number of ether oxygens (including phenoxy) is 3. The first-order chi connectivity index (χ1) is 35.3. The van der Waals surface area contributed by atoms with Gasteiger partial charge in [-0.2, -0.15) is 0 Å². The van der Waals surface area contributed by atoms with Gasteiger partial charge in [-0.1, -0.05) is 336 Å². The van der Waals surface area contributed by atoms with E-state index in [9.17, 15) is 14.4 Å². The minimum atomic E-state index is -0.764. The van der Waals surface area contributed by atoms with Gasteiger partial charge >= 0.3 is 17.9 Å². The molecule has 0 aromatic heterocycles. The number of hydrogen-bond donors (Lipinski definition) is 0. The number of carbonyl (C=O) groups is 3. The first-order valence-electron chi connectivity index (χ1n) is 32.8. The van der Waals surface area contributed by atoms with Crippen molar-refractivity contribution in [1.82, 2.24) is 0 Å². The summed E-state index contributed by atoms with van der Waals surface area (Å²) in [7, 11) is 0. The Morgan fingerprint density at radius 2 is 0.528 bits per heavy atom. The Labute approximate surface area is 450 Å². The molecule has 0 aliphatic rings. The summed E-state index contributed by atoms with van der Waals surface area (Å²) in [5.41, 5.74) is 0. The monoisotopic (exact) mass is 1020 g/mol. The van der Waals surface area contributed by atoms with Crippen LogP contribution in [0, 0.1) is 11.8 Å². The molecule has 0 amide bonds. The van der Waals surface area contributed by atoms with Crippen molar-refractivity contribution < 1.29 is 28.6 Å². The van der Waals surface area contributed by atoms with Crippen LogP contribution in [0.5, 0.6) is 0 Å². The Balaban J connectivity index is 4.22. The van der Waals surface area contributed by atoms with Gasteiger partial charge in [-0.3, -0.25) is 14.4 Å². The van der Waals surface area contributed by atoms with E-state index < -0.39 is 6.10 Å². The normalized spacial score (nSPS) is 12.4. The average molecular weight is 1020 g/mol. The number of carbonyl (C=O) groups excluding carboxylic acids is 3. The molecule has 0 aliphatic carbocycles. The van der Waals surface area contributed by atoms with Gasteiger partial charge in [0.05, 0.1) is 0 Å². The first-order valence-corrected chi connectivity index (χ1v) is 32.8. The van der Waals surface area contributed by atoms with Crippen LogP contribution >= 0.6 is 0 Å². The third kappa shape index (κ3) is 57.7. The molecule has 1 unspecified atom stereocenters. The van der Waals surface area contributed by atoms with Gasteiger partial charge in [-0.25, -0.2) is 0 Å². The van der Waals surface area contributed by atoms with Crippen molar-refractivity contribution in [3.63, 3.8) is 0 Å². The minimum absolute atomic E-state index is 0.0621. The van der Waals surface area contributed by atoms with Gasteiger partial charge in [0.25, 0.3) is 0 Å². The smallest absolute Gasteiger partial charge is 0.306 e. The highest BCUT2D eigenvalue weighted by Crippen LogP contribution is 2.19. The second kappa shape index (κ2) is 58.7. The van der Waals surface area contributed by atoms with Crippen molar-refractivity contribution >= 4 is 17.9 Å². The molecule has 0 radical (unpaired) electrons. The Morgan fingerprint density at radius 3 is 0.792 bits per heavy atom. The quantitative estimate of drug-likeness (QED) is 0.0343. The van der Waals surface area contributed by atoms with E-state index in [0.29, 0.717) is 19.3 Å². The molecule has 428 valence electrons. The highest BCUT2D eigenvalue weighted by Gasteiger charge is 2.19. The molecule has 0 rings (SSSR count). The molecule has 0 spiro atoms. The summed E-state index contributed by atoms with van der Waals surface area (Å²) in [6.07, 6.45) is 65.4. The summed E-state index contributed by atoms with van der Waals surface area (Å²) >= 11 is 0. The fourth-order valence-corrected chi connectivity index (χ4v) is 10.3. The zero-order chi connectivity index (χ0) is 52.5. The number of unbranched alkanes of at least 4 members (excludes halogenated alkanes) is 44. The molecule has 0 fully saturated rings. The molecular weight excluding hydrogens is 889 g/mol. The standard InChI is InChI=1S/C66H128O6/c1-6-8-9-10-11-12-13-14-15-16-17-21-24-27-30-36-41-46-51-56-64(67)70-59-63(72-66(69)58-53-48-43-38-33-32-34-39-44-49-54-61(3)4)60-71-65(68)57-52-47-42-37-31-28-25-22-19-18-20-23-26-29-35-40-45-50-55-62(5)7-2/h61-63H,6-60H2,1-5H3/t62?,63-/m0/s1. The lowest BCUT2D eigenvalue weighted by atomic mass is 9.99. The van der Waals surface area contributed by atoms with Crippen LogP contribution in [-0.2, 0) is 28.6 Å². The lowest BCUT2D eigenvalue weighted by molar-refractivity contribution is -0.167. The van der Waals surface area contributed by atoms with Crippen LogP contribution < -0.4 is 0 Å². The average Bonchev–Trinajstić information content (AvgIpc) is 3.37. The lowest BCUT2D eigenvalue weighted by Gasteiger charge is -2.18. The summed E-state index contributed by atoms with van der Waals surface area (Å²) in [4.78, 5) is 38.3. The molecule has 0 heterocycles. The maximum Gasteiger partial charge on any atom is 0.306 e. The van der Waals surface area contributed by atoms with Crippen molar-refractivity contribution in [2.45, 2.75) is 381 Å². The van der Waals surface area contributed by atoms with E-state index in [4.69, 9.17) is 14.2 Å². The van der Waals surface area contributed by atoms with E-state index in [1.807, 2.05) is 0 Å². The SMILES string of the molecule is CCCCCCCCCCCCCCCCCCCCCC(=O)OC[C@@H](COC(=O)CCCCCCCCCCCCCCCCCCCCC(C)CC)OC(=O)CCCCCCCCCCCCC(C)C. The van der Waals surface area contributed by atoms with Crippen LogP contribution in [-0.4, -0.2) is 37.2 Å². The maximum atomic E-state index is 12.9. The molecule has 6 nitrogen and oxygen atoms in total. The van der Waals surface area contributed by atoms with Gasteiger partial charge in [0.15, 0.2) is 6.10 Å². The summed E-state index contributed by atoms with van der Waals surface area (Å²) in [6.45, 7) is 11.5. The molecule has 0 N–H and O–H groups in total. The van der Waals surface area contributed by atoms with E-state index >= 15 is 0 Å². The summed E-state index contributed by atoms with van der Waals surface area (Å²) in [6, 6.07) is 0. The van der Waals surface area contributed by atoms with Crippen LogP contribution in [0.3, 0.4) is 0 Å². The molecular formula is C66H128O6. The van der Waals surface area contributed by atoms with Gasteiger partial charge in [0.2, 0.25) is 0 Å². The Morgan fingerprint density at radius 1 is 0.292 bits per heavy atom. The van der Waals surface area contributed by atoms with Crippen molar-refractivity contribution in [2.75, 3.05) is 13.2 Å². The van der Waals surface area contributed by atoms with E-state index in [2.05, 4.69) is 34.6 Å². The maximum absolute atomic E-state index is 12.9. The second-order valence-corrected chi connectivity index (χ2v) is 23.5. The topological polar surface area (TPSA) is 78.9 Å². The molecule has 0 aliphatic heterocycles. The molecule has 0 saturated heterocycles. The molecule has 0 saturated carbocycles. The number of hydrogen-bond acceptors (Lipinski definition) is 6. The molecule has 0 bridgehead atoms. The fourth-order valence-electron chi connectivity index (χ4n) is 10.3. The predicted octanol–water partition coefficient (Wildman–Crippen LogP) is 22.0. The zero-order valence-electron chi connectivity index (χ0n) is 49.6. The molecule has 0 aromatic carbocycles. The highest BCUT2D eigenvalue weighted by atomic mass is 16.6. The van der Waals surface area contributed by atoms with Crippen LogP contribution in [0.4, 0.5) is 0 Å². The third-order valence-corrected chi connectivity index (χ3v) is 15.6. The van der Waals surface area contributed by atoms with E-state index in [0.717, 1.165) is 69.6 Å². The van der Waals surface area contributed by atoms with Gasteiger partial charge in [0.1, 0.15) is 13.2 Å². The van der Waals surface area contributed by atoms with Gasteiger partial charge in [-0.15, -0.1) is 0 Å². The summed E-state index contributed by atoms with van der Waals surface area (Å²) < 4.78 is 17.0. The Hall–Kier alpha value is -1.59. The van der Waals surface area contributed by atoms with E-state index in [-0.39, 0.29) is 31.1 Å². The Bertz CT molecular complexity index is 1110. The van der Waals surface area contributed by atoms with Crippen molar-refractivity contribution in [2.24, 2.45) is 11.8 Å². The van der Waals surface area contributed by atoms with Gasteiger partial charge < -0.3 is 14.2 Å². The number of esters is 3. The highest BCUT2D eigenvalue weighted by molar-refractivity contribution is 5.71. The lowest BCUT2D eigenvalue weighted by Crippen LogP contribution is -2.30. The number of rotatable bonds is 60. The fraction of sp³-hybridized carbons (Fsp3) is 0.955. The minimum Gasteiger partial charge on any atom is -0.462 e. The summed E-state index contributed by atoms with van der Waals surface area (Å²) in [5.74, 6) is 0.894. The summed E-state index contributed by atoms with van der Waals surface area (Å²) in [5, 5.41) is 0. The third-order valence-electron chi connectivity index (χ3n) is 15.6. The van der Waals surface area contributed by atoms with Crippen LogP contribution in [0.25, 0.3) is 0 Å². The van der Waals surface area contributed by atoms with E-state index in [1.165, 1.54) is 263 Å². The van der Waals surface area contributed by atoms with Crippen molar-refractivity contribution in [1.29, 1.82) is 0 Å². The largest absolute Gasteiger partial charge is 0.462 e. The predicted molar refractivity (Wildman–Crippen MR) is 312 cm³/mol. The first kappa shape index (κ1) is 70.4. The Kier molecular flexibility index (Phi) is 57.4. The van der Waals surface area contributed by atoms with Gasteiger partial charge in [-0.05, 0) is 31.1 Å². The van der Waals surface area contributed by atoms with Gasteiger partial charge in [0, 0.05) is 19.3 Å². The van der Waals surface area contributed by atoms with Crippen LogP contribution in [0.15, 0.2) is 0 Å².